The van der Waals surface area contributed by atoms with Gasteiger partial charge >= 0.3 is 0 Å². The Morgan fingerprint density at radius 2 is 1.68 bits per heavy atom. The molecule has 1 heterocycles. The second-order valence-corrected chi connectivity index (χ2v) is 10.9. The number of rotatable bonds is 6. The highest BCUT2D eigenvalue weighted by molar-refractivity contribution is 5.63. The number of aliphatic hydroxyl groups excluding tert-OH is 1. The third kappa shape index (κ3) is 5.27. The zero-order valence-corrected chi connectivity index (χ0v) is 21.1. The summed E-state index contributed by atoms with van der Waals surface area (Å²) in [5, 5.41) is 26.0. The monoisotopic (exact) mass is 462 g/mol. The van der Waals surface area contributed by atoms with Gasteiger partial charge in [0, 0.05) is 5.56 Å². The molecule has 0 aliphatic heterocycles. The summed E-state index contributed by atoms with van der Waals surface area (Å²) in [5.41, 5.74) is 4.78. The van der Waals surface area contributed by atoms with Crippen molar-refractivity contribution in [2.24, 2.45) is 5.41 Å². The summed E-state index contributed by atoms with van der Waals surface area (Å²) in [6.45, 7) is 10.8. The van der Waals surface area contributed by atoms with E-state index in [9.17, 15) is 10.2 Å². The second kappa shape index (κ2) is 9.65. The molecule has 4 rings (SSSR count). The molecule has 3 aromatic rings. The Kier molecular flexibility index (Phi) is 6.99. The fourth-order valence-corrected chi connectivity index (χ4v) is 4.43. The SMILES string of the molecule is Cc1ccc(-c2cc(C3(O)CCC(OC(C)C(C)(C)C)CC3)nn2-c2ccc(CO)cc2)cc1. The molecule has 0 amide bonds. The number of benzene rings is 2. The molecule has 1 aliphatic carbocycles. The van der Waals surface area contributed by atoms with Crippen molar-refractivity contribution in [3.8, 4) is 16.9 Å². The van der Waals surface area contributed by atoms with Crippen molar-refractivity contribution < 1.29 is 14.9 Å². The smallest absolute Gasteiger partial charge is 0.109 e. The topological polar surface area (TPSA) is 67.5 Å². The molecule has 1 saturated carbocycles. The van der Waals surface area contributed by atoms with Gasteiger partial charge in [-0.2, -0.15) is 5.10 Å². The largest absolute Gasteiger partial charge is 0.392 e. The molecule has 2 aromatic carbocycles. The molecule has 182 valence electrons. The van der Waals surface area contributed by atoms with Crippen LogP contribution >= 0.6 is 0 Å². The van der Waals surface area contributed by atoms with E-state index in [4.69, 9.17) is 9.84 Å². The van der Waals surface area contributed by atoms with Crippen molar-refractivity contribution in [2.45, 2.75) is 84.7 Å². The van der Waals surface area contributed by atoms with Crippen molar-refractivity contribution in [1.82, 2.24) is 9.78 Å². The first-order chi connectivity index (χ1) is 16.1. The summed E-state index contributed by atoms with van der Waals surface area (Å²) in [5.74, 6) is 0. The lowest BCUT2D eigenvalue weighted by Gasteiger charge is -2.38. The Hall–Kier alpha value is -2.47. The van der Waals surface area contributed by atoms with Crippen LogP contribution in [-0.4, -0.2) is 32.2 Å². The summed E-state index contributed by atoms with van der Waals surface area (Å²) >= 11 is 0. The first kappa shape index (κ1) is 24.6. The van der Waals surface area contributed by atoms with E-state index in [1.54, 1.807) is 0 Å². The lowest BCUT2D eigenvalue weighted by Crippen LogP contribution is -2.38. The van der Waals surface area contributed by atoms with Crippen molar-refractivity contribution in [3.63, 3.8) is 0 Å². The minimum atomic E-state index is -0.972. The quantitative estimate of drug-likeness (QED) is 0.477. The van der Waals surface area contributed by atoms with E-state index in [0.717, 1.165) is 35.3 Å². The number of nitrogens with zero attached hydrogens (tertiary/aromatic N) is 2. The normalized spacial score (nSPS) is 22.0. The third-order valence-electron chi connectivity index (χ3n) is 7.27. The van der Waals surface area contributed by atoms with Gasteiger partial charge in [0.2, 0.25) is 0 Å². The van der Waals surface area contributed by atoms with Crippen LogP contribution in [0.4, 0.5) is 0 Å². The van der Waals surface area contributed by atoms with Gasteiger partial charge < -0.3 is 14.9 Å². The van der Waals surface area contributed by atoms with E-state index >= 15 is 0 Å². The van der Waals surface area contributed by atoms with Crippen LogP contribution < -0.4 is 0 Å². The number of aromatic nitrogens is 2. The van der Waals surface area contributed by atoms with Gasteiger partial charge in [0.25, 0.3) is 0 Å². The van der Waals surface area contributed by atoms with Crippen LogP contribution in [0.1, 0.15) is 70.2 Å². The molecule has 0 radical (unpaired) electrons. The standard InChI is InChI=1S/C29H38N2O3/c1-20-6-10-23(11-7-20)26-18-27(30-31(26)24-12-8-22(19-32)9-13-24)29(33)16-14-25(15-17-29)34-21(2)28(3,4)5/h6-13,18,21,25,32-33H,14-17,19H2,1-5H3. The van der Waals surface area contributed by atoms with Gasteiger partial charge in [-0.25, -0.2) is 4.68 Å². The summed E-state index contributed by atoms with van der Waals surface area (Å²) in [7, 11) is 0. The van der Waals surface area contributed by atoms with Crippen LogP contribution in [0, 0.1) is 12.3 Å². The molecule has 5 nitrogen and oxygen atoms in total. The lowest BCUT2D eigenvalue weighted by atomic mass is 9.80. The van der Waals surface area contributed by atoms with Gasteiger partial charge in [-0.15, -0.1) is 0 Å². The minimum Gasteiger partial charge on any atom is -0.392 e. The Bertz CT molecular complexity index is 1090. The van der Waals surface area contributed by atoms with Gasteiger partial charge in [0.1, 0.15) is 5.60 Å². The highest BCUT2D eigenvalue weighted by Crippen LogP contribution is 2.40. The highest BCUT2D eigenvalue weighted by Gasteiger charge is 2.39. The summed E-state index contributed by atoms with van der Waals surface area (Å²) in [6, 6.07) is 18.1. The molecule has 1 atom stereocenters. The maximum atomic E-state index is 11.6. The van der Waals surface area contributed by atoms with Gasteiger partial charge in [-0.05, 0) is 68.7 Å². The van der Waals surface area contributed by atoms with Crippen LogP contribution in [0.3, 0.4) is 0 Å². The Morgan fingerprint density at radius 3 is 2.24 bits per heavy atom. The first-order valence-corrected chi connectivity index (χ1v) is 12.3. The van der Waals surface area contributed by atoms with Crippen LogP contribution in [-0.2, 0) is 16.9 Å². The maximum absolute atomic E-state index is 11.6. The number of aliphatic hydroxyl groups is 2. The lowest BCUT2D eigenvalue weighted by molar-refractivity contribution is -0.105. The number of hydrogen-bond acceptors (Lipinski definition) is 4. The van der Waals surface area contributed by atoms with Crippen LogP contribution in [0.15, 0.2) is 54.6 Å². The molecule has 0 saturated heterocycles. The van der Waals surface area contributed by atoms with Crippen LogP contribution in [0.5, 0.6) is 0 Å². The first-order valence-electron chi connectivity index (χ1n) is 12.3. The van der Waals surface area contributed by atoms with E-state index in [2.05, 4.69) is 58.9 Å². The second-order valence-electron chi connectivity index (χ2n) is 10.9. The molecule has 5 heteroatoms. The van der Waals surface area contributed by atoms with Crippen molar-refractivity contribution in [1.29, 1.82) is 0 Å². The molecular formula is C29H38N2O3. The number of aryl methyl sites for hydroxylation is 1. The molecule has 0 spiro atoms. The molecule has 34 heavy (non-hydrogen) atoms. The van der Waals surface area contributed by atoms with E-state index in [-0.39, 0.29) is 24.2 Å². The zero-order chi connectivity index (χ0) is 24.5. The summed E-state index contributed by atoms with van der Waals surface area (Å²) < 4.78 is 8.23. The highest BCUT2D eigenvalue weighted by atomic mass is 16.5. The molecule has 0 bridgehead atoms. The molecule has 2 N–H and O–H groups in total. The third-order valence-corrected chi connectivity index (χ3v) is 7.27. The molecule has 1 aliphatic rings. The number of hydrogen-bond donors (Lipinski definition) is 2. The predicted octanol–water partition coefficient (Wildman–Crippen LogP) is 5.92. The molecule has 1 unspecified atom stereocenters. The average molecular weight is 463 g/mol. The average Bonchev–Trinajstić information content (AvgIpc) is 3.27. The van der Waals surface area contributed by atoms with E-state index in [1.807, 2.05) is 35.0 Å². The minimum absolute atomic E-state index is 0.00623. The van der Waals surface area contributed by atoms with E-state index < -0.39 is 5.60 Å². The van der Waals surface area contributed by atoms with E-state index in [0.29, 0.717) is 18.5 Å². The maximum Gasteiger partial charge on any atom is 0.109 e. The summed E-state index contributed by atoms with van der Waals surface area (Å²) in [6.07, 6.45) is 3.21. The fraction of sp³-hybridized carbons (Fsp3) is 0.483. The van der Waals surface area contributed by atoms with Crippen LogP contribution in [0.2, 0.25) is 0 Å². The Morgan fingerprint density at radius 1 is 1.06 bits per heavy atom. The number of ether oxygens (including phenoxy) is 1. The van der Waals surface area contributed by atoms with Crippen molar-refractivity contribution >= 4 is 0 Å². The van der Waals surface area contributed by atoms with Gasteiger partial charge in [0.05, 0.1) is 35.9 Å². The van der Waals surface area contributed by atoms with Gasteiger partial charge in [-0.1, -0.05) is 62.7 Å². The van der Waals surface area contributed by atoms with Crippen LogP contribution in [0.25, 0.3) is 16.9 Å². The Balaban J connectivity index is 1.62. The van der Waals surface area contributed by atoms with E-state index in [1.165, 1.54) is 5.56 Å². The molecule has 1 fully saturated rings. The predicted molar refractivity (Wildman–Crippen MR) is 136 cm³/mol. The zero-order valence-electron chi connectivity index (χ0n) is 21.1. The molecule has 1 aromatic heterocycles. The van der Waals surface area contributed by atoms with Gasteiger partial charge in [-0.3, -0.25) is 0 Å². The van der Waals surface area contributed by atoms with Crippen molar-refractivity contribution in [3.05, 3.63) is 71.4 Å². The Labute approximate surface area is 203 Å². The van der Waals surface area contributed by atoms with Crippen molar-refractivity contribution in [2.75, 3.05) is 0 Å². The summed E-state index contributed by atoms with van der Waals surface area (Å²) in [4.78, 5) is 0. The van der Waals surface area contributed by atoms with Gasteiger partial charge in [0.15, 0.2) is 0 Å². The fourth-order valence-electron chi connectivity index (χ4n) is 4.43. The molecular weight excluding hydrogens is 424 g/mol.